The molecule has 3 nitrogen and oxygen atoms in total. The summed E-state index contributed by atoms with van der Waals surface area (Å²) in [5.74, 6) is -3.50. The largest absolute Gasteiger partial charge is 0.379 e. The molecule has 0 N–H and O–H groups in total. The lowest BCUT2D eigenvalue weighted by molar-refractivity contribution is -0.343. The smallest absolute Gasteiger partial charge is 0.367 e. The van der Waals surface area contributed by atoms with Crippen molar-refractivity contribution in [3.05, 3.63) is 0 Å². The van der Waals surface area contributed by atoms with E-state index in [0.29, 0.717) is 6.92 Å². The zero-order valence-electron chi connectivity index (χ0n) is 11.6. The topological polar surface area (TPSA) is 27.7 Å². The van der Waals surface area contributed by atoms with Gasteiger partial charge >= 0.3 is 12.2 Å². The Morgan fingerprint density at radius 1 is 0.600 bits per heavy atom. The summed E-state index contributed by atoms with van der Waals surface area (Å²) in [4.78, 5) is 0. The third-order valence-electron chi connectivity index (χ3n) is 1.66. The summed E-state index contributed by atoms with van der Waals surface area (Å²) in [5.41, 5.74) is -0.907. The minimum atomic E-state index is -4.25. The molecule has 0 aromatic carbocycles. The van der Waals surface area contributed by atoms with Gasteiger partial charge < -0.3 is 14.2 Å². The third kappa shape index (κ3) is 11.3. The average Bonchev–Trinajstić information content (AvgIpc) is 2.20. The molecule has 0 aromatic rings. The van der Waals surface area contributed by atoms with Crippen LogP contribution in [0.4, 0.5) is 26.3 Å². The van der Waals surface area contributed by atoms with E-state index in [4.69, 9.17) is 4.74 Å². The van der Waals surface area contributed by atoms with Crippen molar-refractivity contribution in [2.24, 2.45) is 0 Å². The van der Waals surface area contributed by atoms with Crippen molar-refractivity contribution in [3.63, 3.8) is 0 Å². The molecular weight excluding hydrogens is 294 g/mol. The highest BCUT2D eigenvalue weighted by Gasteiger charge is 2.41. The minimum Gasteiger partial charge on any atom is -0.367 e. The third-order valence-corrected chi connectivity index (χ3v) is 1.66. The van der Waals surface area contributed by atoms with E-state index >= 15 is 0 Å². The summed E-state index contributed by atoms with van der Waals surface area (Å²) in [5, 5.41) is 0. The maximum absolute atomic E-state index is 13.1. The van der Waals surface area contributed by atoms with Crippen molar-refractivity contribution in [1.29, 1.82) is 0 Å². The normalized spacial score (nSPS) is 14.7. The van der Waals surface area contributed by atoms with Gasteiger partial charge in [-0.3, -0.25) is 0 Å². The van der Waals surface area contributed by atoms with Crippen molar-refractivity contribution in [2.75, 3.05) is 19.8 Å². The molecule has 0 atom stereocenters. The first-order chi connectivity index (χ1) is 8.62. The lowest BCUT2D eigenvalue weighted by Gasteiger charge is -2.26. The fraction of sp³-hybridized carbons (Fsp3) is 1.00. The molecular formula is C11H18F6O3. The molecule has 0 aliphatic heterocycles. The first kappa shape index (κ1) is 19.5. The summed E-state index contributed by atoms with van der Waals surface area (Å²) < 4.78 is 88.5. The molecule has 122 valence electrons. The number of ether oxygens (including phenoxy) is 3. The maximum atomic E-state index is 13.1. The van der Waals surface area contributed by atoms with Gasteiger partial charge in [-0.15, -0.1) is 0 Å². The van der Waals surface area contributed by atoms with Crippen LogP contribution in [0.25, 0.3) is 0 Å². The molecule has 0 aromatic heterocycles. The Kier molecular flexibility index (Phi) is 6.31. The lowest BCUT2D eigenvalue weighted by Crippen LogP contribution is -2.39. The Labute approximate surface area is 113 Å². The molecule has 0 radical (unpaired) electrons. The Morgan fingerprint density at radius 2 is 0.950 bits per heavy atom. The quantitative estimate of drug-likeness (QED) is 0.640. The minimum absolute atomic E-state index is 0.357. The van der Waals surface area contributed by atoms with Gasteiger partial charge in [-0.2, -0.15) is 17.6 Å². The lowest BCUT2D eigenvalue weighted by atomic mass is 10.2. The van der Waals surface area contributed by atoms with Crippen molar-refractivity contribution >= 4 is 0 Å². The van der Waals surface area contributed by atoms with Gasteiger partial charge in [-0.1, -0.05) is 0 Å². The van der Waals surface area contributed by atoms with Crippen LogP contribution >= 0.6 is 0 Å². The Bertz CT molecular complexity index is 266. The summed E-state index contributed by atoms with van der Waals surface area (Å²) in [6.07, 6.45) is -8.22. The predicted octanol–water partition coefficient (Wildman–Crippen LogP) is 3.68. The summed E-state index contributed by atoms with van der Waals surface area (Å²) in [6, 6.07) is 0. The van der Waals surface area contributed by atoms with Gasteiger partial charge in [0.25, 0.3) is 5.92 Å². The molecule has 0 fully saturated rings. The number of rotatable bonds is 8. The molecule has 0 unspecified atom stereocenters. The van der Waals surface area contributed by atoms with Crippen LogP contribution in [-0.2, 0) is 14.2 Å². The van der Waals surface area contributed by atoms with Crippen LogP contribution in [0, 0.1) is 0 Å². The van der Waals surface area contributed by atoms with Crippen LogP contribution in [0.1, 0.15) is 27.7 Å². The Morgan fingerprint density at radius 3 is 1.30 bits per heavy atom. The van der Waals surface area contributed by atoms with Gasteiger partial charge in [-0.05, 0) is 20.8 Å². The second-order valence-corrected chi connectivity index (χ2v) is 5.32. The zero-order valence-corrected chi connectivity index (χ0v) is 11.6. The molecule has 0 rings (SSSR count). The first-order valence-corrected chi connectivity index (χ1v) is 5.67. The molecule has 9 heteroatoms. The summed E-state index contributed by atoms with van der Waals surface area (Å²) >= 11 is 0. The van der Waals surface area contributed by atoms with Crippen molar-refractivity contribution in [2.45, 2.75) is 51.4 Å². The van der Waals surface area contributed by atoms with Gasteiger partial charge in [0.1, 0.15) is 19.8 Å². The molecule has 0 saturated carbocycles. The van der Waals surface area contributed by atoms with Crippen LogP contribution in [0.5, 0.6) is 0 Å². The second kappa shape index (κ2) is 6.48. The molecule has 0 aliphatic carbocycles. The molecule has 0 spiro atoms. The predicted molar refractivity (Wildman–Crippen MR) is 58.1 cm³/mol. The van der Waals surface area contributed by atoms with E-state index in [0.717, 1.165) is 0 Å². The highest BCUT2D eigenvalue weighted by Crippen LogP contribution is 2.25. The number of halogens is 6. The molecule has 0 heterocycles. The van der Waals surface area contributed by atoms with Crippen LogP contribution in [-0.4, -0.2) is 43.6 Å². The molecule has 20 heavy (non-hydrogen) atoms. The molecule has 0 bridgehead atoms. The fourth-order valence-corrected chi connectivity index (χ4v) is 0.806. The zero-order chi connectivity index (χ0) is 16.2. The molecule has 0 aliphatic rings. The van der Waals surface area contributed by atoms with Crippen LogP contribution in [0.2, 0.25) is 0 Å². The maximum Gasteiger partial charge on any atom is 0.379 e. The Hall–Kier alpha value is -0.540. The average molecular weight is 312 g/mol. The van der Waals surface area contributed by atoms with E-state index < -0.39 is 43.6 Å². The van der Waals surface area contributed by atoms with Crippen LogP contribution in [0.15, 0.2) is 0 Å². The number of hydrogen-bond acceptors (Lipinski definition) is 3. The van der Waals surface area contributed by atoms with Crippen LogP contribution in [0.3, 0.4) is 0 Å². The van der Waals surface area contributed by atoms with Gasteiger partial charge in [0.15, 0.2) is 0 Å². The summed E-state index contributed by atoms with van der Waals surface area (Å²) in [7, 11) is 0. The number of hydrogen-bond donors (Lipinski definition) is 0. The van der Waals surface area contributed by atoms with Crippen LogP contribution < -0.4 is 0 Å². The van der Waals surface area contributed by atoms with Gasteiger partial charge in [0.2, 0.25) is 0 Å². The number of alkyl halides is 6. The standard InChI is InChI=1S/C11H18F6O3/c1-8(2,3)18-6-10(14,15)20-7-11(16,17)19-5-9(4,12)13/h5-7H2,1-4H3. The second-order valence-electron chi connectivity index (χ2n) is 5.32. The van der Waals surface area contributed by atoms with Crippen molar-refractivity contribution in [3.8, 4) is 0 Å². The van der Waals surface area contributed by atoms with E-state index in [2.05, 4.69) is 9.47 Å². The Balaban J connectivity index is 4.23. The first-order valence-electron chi connectivity index (χ1n) is 5.67. The van der Waals surface area contributed by atoms with Gasteiger partial charge in [0.05, 0.1) is 5.60 Å². The monoisotopic (exact) mass is 312 g/mol. The van der Waals surface area contributed by atoms with Crippen molar-refractivity contribution in [1.82, 2.24) is 0 Å². The summed E-state index contributed by atoms with van der Waals surface area (Å²) in [6.45, 7) is 0.127. The highest BCUT2D eigenvalue weighted by atomic mass is 19.3. The fourth-order valence-electron chi connectivity index (χ4n) is 0.806. The van der Waals surface area contributed by atoms with E-state index in [1.165, 1.54) is 20.8 Å². The molecule has 0 saturated heterocycles. The van der Waals surface area contributed by atoms with Crippen molar-refractivity contribution < 1.29 is 40.6 Å². The van der Waals surface area contributed by atoms with E-state index in [1.54, 1.807) is 0 Å². The van der Waals surface area contributed by atoms with Gasteiger partial charge in [-0.25, -0.2) is 8.78 Å². The van der Waals surface area contributed by atoms with E-state index in [9.17, 15) is 26.3 Å². The van der Waals surface area contributed by atoms with E-state index in [-0.39, 0.29) is 0 Å². The molecule has 0 amide bonds. The highest BCUT2D eigenvalue weighted by molar-refractivity contribution is 4.64. The van der Waals surface area contributed by atoms with E-state index in [1.807, 2.05) is 0 Å². The van der Waals surface area contributed by atoms with Gasteiger partial charge in [0, 0.05) is 6.92 Å². The SMILES string of the molecule is CC(F)(F)COC(F)(F)COC(F)(F)COC(C)(C)C.